The zero-order chi connectivity index (χ0) is 32.4. The summed E-state index contributed by atoms with van der Waals surface area (Å²) in [4.78, 5) is 21.6. The number of nitrogens with zero attached hydrogens (tertiary/aromatic N) is 4. The van der Waals surface area contributed by atoms with Crippen LogP contribution in [-0.4, -0.2) is 78.6 Å². The van der Waals surface area contributed by atoms with E-state index in [1.807, 2.05) is 22.8 Å². The highest BCUT2D eigenvalue weighted by molar-refractivity contribution is 6.30. The molecule has 4 aromatic rings. The summed E-state index contributed by atoms with van der Waals surface area (Å²) in [6, 6.07) is 12.9. The number of carbonyl (C=O) groups is 1. The van der Waals surface area contributed by atoms with Gasteiger partial charge in [-0.1, -0.05) is 17.7 Å². The van der Waals surface area contributed by atoms with E-state index in [2.05, 4.69) is 9.80 Å². The van der Waals surface area contributed by atoms with Gasteiger partial charge in [0.05, 0.1) is 73.9 Å². The molecular formula is C34H33ClF2N4O6. The van der Waals surface area contributed by atoms with Gasteiger partial charge in [0.15, 0.2) is 17.3 Å². The second-order valence-electron chi connectivity index (χ2n) is 12.5. The van der Waals surface area contributed by atoms with Gasteiger partial charge in [0.1, 0.15) is 17.2 Å². The summed E-state index contributed by atoms with van der Waals surface area (Å²) >= 11 is 6.00. The minimum atomic E-state index is -1.37. The fraction of sp³-hybridized carbons (Fsp3) is 0.412. The first-order chi connectivity index (χ1) is 22.7. The Morgan fingerprint density at radius 2 is 1.91 bits per heavy atom. The first-order valence-corrected chi connectivity index (χ1v) is 16.0. The van der Waals surface area contributed by atoms with Crippen molar-refractivity contribution < 1.29 is 37.3 Å². The topological polar surface area (TPSA) is 87.5 Å². The van der Waals surface area contributed by atoms with Crippen molar-refractivity contribution in [3.8, 4) is 11.5 Å². The van der Waals surface area contributed by atoms with Gasteiger partial charge in [-0.3, -0.25) is 4.90 Å². The number of anilines is 1. The standard InChI is InChI=1S/C34H33ClF2N4O6/c1-34(22-7-6-20(35)14-23(22)36)46-29-5-3-4-25(32(29)47-34)40-10-9-39(27-17-44-18-28(27)40)16-30-38-31-24(37)12-19(33(42)43-2)13-26(31)41(30)15-21-8-11-45-21/h3-7,12-14,21,27-28H,8-11,15-18H2,1-2H3/t21-,27?,28?,34?/m0/s1. The number of esters is 1. The molecule has 0 saturated carbocycles. The third kappa shape index (κ3) is 5.18. The number of fused-ring (bicyclic) bond motifs is 3. The van der Waals surface area contributed by atoms with Crippen LogP contribution in [0.25, 0.3) is 11.0 Å². The maximum Gasteiger partial charge on any atom is 0.338 e. The normalized spacial score (nSPS) is 25.2. The van der Waals surface area contributed by atoms with Crippen LogP contribution in [0.5, 0.6) is 11.5 Å². The molecule has 0 aliphatic carbocycles. The van der Waals surface area contributed by atoms with Crippen LogP contribution in [0.2, 0.25) is 5.02 Å². The highest BCUT2D eigenvalue weighted by Gasteiger charge is 2.46. The van der Waals surface area contributed by atoms with Crippen LogP contribution in [0, 0.1) is 11.6 Å². The lowest BCUT2D eigenvalue weighted by atomic mass is 10.0. The molecule has 13 heteroatoms. The molecule has 4 aliphatic heterocycles. The van der Waals surface area contributed by atoms with E-state index in [0.29, 0.717) is 73.9 Å². The van der Waals surface area contributed by atoms with Crippen molar-refractivity contribution in [2.45, 2.75) is 50.4 Å². The summed E-state index contributed by atoms with van der Waals surface area (Å²) in [7, 11) is 1.27. The zero-order valence-corrected chi connectivity index (χ0v) is 26.6. The van der Waals surface area contributed by atoms with Gasteiger partial charge in [-0.2, -0.15) is 0 Å². The quantitative estimate of drug-likeness (QED) is 0.245. The van der Waals surface area contributed by atoms with Crippen LogP contribution in [0.1, 0.15) is 35.1 Å². The molecule has 8 rings (SSSR count). The number of imidazole rings is 1. The Balaban J connectivity index is 1.08. The van der Waals surface area contributed by atoms with Crippen molar-refractivity contribution in [2.75, 3.05) is 44.9 Å². The molecule has 3 unspecified atom stereocenters. The van der Waals surface area contributed by atoms with Crippen LogP contribution in [-0.2, 0) is 33.1 Å². The molecule has 0 spiro atoms. The van der Waals surface area contributed by atoms with Gasteiger partial charge in [-0.15, -0.1) is 0 Å². The number of piperazine rings is 1. The number of benzene rings is 3. The molecule has 0 amide bonds. The molecule has 5 heterocycles. The second kappa shape index (κ2) is 11.6. The van der Waals surface area contributed by atoms with Gasteiger partial charge in [-0.05, 0) is 48.9 Å². The molecule has 47 heavy (non-hydrogen) atoms. The third-order valence-electron chi connectivity index (χ3n) is 9.64. The van der Waals surface area contributed by atoms with E-state index in [1.54, 1.807) is 25.1 Å². The summed E-state index contributed by atoms with van der Waals surface area (Å²) in [6.45, 7) is 5.64. The minimum Gasteiger partial charge on any atom is -0.465 e. The smallest absolute Gasteiger partial charge is 0.338 e. The number of carbonyl (C=O) groups excluding carboxylic acids is 1. The Morgan fingerprint density at radius 1 is 1.09 bits per heavy atom. The monoisotopic (exact) mass is 666 g/mol. The summed E-state index contributed by atoms with van der Waals surface area (Å²) < 4.78 is 61.5. The molecule has 0 radical (unpaired) electrons. The maximum absolute atomic E-state index is 15.3. The Morgan fingerprint density at radius 3 is 2.68 bits per heavy atom. The summed E-state index contributed by atoms with van der Waals surface area (Å²) in [5, 5.41) is 0.291. The van der Waals surface area contributed by atoms with Crippen molar-refractivity contribution in [3.63, 3.8) is 0 Å². The minimum absolute atomic E-state index is 0.00529. The number of halogens is 3. The van der Waals surface area contributed by atoms with Crippen LogP contribution in [0.15, 0.2) is 48.5 Å². The lowest BCUT2D eigenvalue weighted by molar-refractivity contribution is -0.0705. The van der Waals surface area contributed by atoms with Gasteiger partial charge in [0, 0.05) is 31.6 Å². The van der Waals surface area contributed by atoms with E-state index in [4.69, 9.17) is 40.3 Å². The predicted molar refractivity (Wildman–Crippen MR) is 168 cm³/mol. The molecule has 3 fully saturated rings. The summed E-state index contributed by atoms with van der Waals surface area (Å²) in [5.74, 6) is -1.30. The van der Waals surface area contributed by atoms with Crippen molar-refractivity contribution in [1.29, 1.82) is 0 Å². The van der Waals surface area contributed by atoms with E-state index in [9.17, 15) is 9.18 Å². The maximum atomic E-state index is 15.3. The Labute approximate surface area is 274 Å². The fourth-order valence-electron chi connectivity index (χ4n) is 7.15. The molecule has 4 aliphatic rings. The Bertz CT molecular complexity index is 1890. The van der Waals surface area contributed by atoms with E-state index < -0.39 is 23.4 Å². The van der Waals surface area contributed by atoms with Gasteiger partial charge < -0.3 is 33.2 Å². The predicted octanol–water partition coefficient (Wildman–Crippen LogP) is 5.28. The molecule has 4 atom stereocenters. The highest BCUT2D eigenvalue weighted by Crippen LogP contribution is 2.51. The van der Waals surface area contributed by atoms with Gasteiger partial charge in [0.25, 0.3) is 5.79 Å². The van der Waals surface area contributed by atoms with Crippen LogP contribution >= 0.6 is 11.6 Å². The Kier molecular flexibility index (Phi) is 7.51. The lowest BCUT2D eigenvalue weighted by Gasteiger charge is -2.44. The summed E-state index contributed by atoms with van der Waals surface area (Å²) in [6.07, 6.45) is 0.886. The van der Waals surface area contributed by atoms with Crippen LogP contribution in [0.4, 0.5) is 14.5 Å². The first-order valence-electron chi connectivity index (χ1n) is 15.7. The number of hydrogen-bond donors (Lipinski definition) is 0. The lowest BCUT2D eigenvalue weighted by Crippen LogP contribution is -2.59. The van der Waals surface area contributed by atoms with Crippen molar-refractivity contribution >= 4 is 34.3 Å². The Hall–Kier alpha value is -3.97. The van der Waals surface area contributed by atoms with Crippen LogP contribution in [0.3, 0.4) is 0 Å². The van der Waals surface area contributed by atoms with E-state index in [1.165, 1.54) is 19.2 Å². The molecular weight excluding hydrogens is 634 g/mol. The van der Waals surface area contributed by atoms with Gasteiger partial charge in [-0.25, -0.2) is 18.6 Å². The average molecular weight is 667 g/mol. The number of ether oxygens (including phenoxy) is 5. The number of rotatable bonds is 7. The summed E-state index contributed by atoms with van der Waals surface area (Å²) in [5.41, 5.74) is 1.97. The van der Waals surface area contributed by atoms with Crippen molar-refractivity contribution in [2.24, 2.45) is 0 Å². The molecule has 0 N–H and O–H groups in total. The fourth-order valence-corrected chi connectivity index (χ4v) is 7.31. The molecule has 10 nitrogen and oxygen atoms in total. The molecule has 3 saturated heterocycles. The highest BCUT2D eigenvalue weighted by atomic mass is 35.5. The van der Waals surface area contributed by atoms with Gasteiger partial charge in [0.2, 0.25) is 0 Å². The largest absolute Gasteiger partial charge is 0.465 e. The molecule has 3 aromatic carbocycles. The van der Waals surface area contributed by atoms with Crippen molar-refractivity contribution in [1.82, 2.24) is 14.5 Å². The molecule has 1 aromatic heterocycles. The first kappa shape index (κ1) is 30.4. The molecule has 246 valence electrons. The van der Waals surface area contributed by atoms with E-state index in [-0.39, 0.29) is 34.8 Å². The van der Waals surface area contributed by atoms with E-state index in [0.717, 1.165) is 12.1 Å². The number of hydrogen-bond acceptors (Lipinski definition) is 9. The third-order valence-corrected chi connectivity index (χ3v) is 9.88. The van der Waals surface area contributed by atoms with Crippen molar-refractivity contribution in [3.05, 3.63) is 82.1 Å². The number of aromatic nitrogens is 2. The molecule has 0 bridgehead atoms. The second-order valence-corrected chi connectivity index (χ2v) is 12.9. The van der Waals surface area contributed by atoms with E-state index >= 15 is 4.39 Å². The number of methoxy groups -OCH3 is 1. The average Bonchev–Trinajstić information content (AvgIpc) is 3.74. The SMILES string of the molecule is COC(=O)c1cc(F)c2nc(CN3CCN(c4cccc5c4OC(C)(c4ccc(Cl)cc4F)O5)C4COCC43)n(C[C@@H]3CCO3)c2c1. The zero-order valence-electron chi connectivity index (χ0n) is 25.9. The number of para-hydroxylation sites is 1. The van der Waals surface area contributed by atoms with Crippen LogP contribution < -0.4 is 14.4 Å². The van der Waals surface area contributed by atoms with Gasteiger partial charge >= 0.3 is 5.97 Å².